The van der Waals surface area contributed by atoms with Gasteiger partial charge in [0.1, 0.15) is 4.88 Å². The smallest absolute Gasteiger partial charge is 0.345 e. The molecule has 1 saturated heterocycles. The SMILES string of the molecule is Cc1sc(C(=O)O)cc1S(=O)(=O)N1CCN(C(C)C)CC1. The summed E-state index contributed by atoms with van der Waals surface area (Å²) < 4.78 is 26.7. The van der Waals surface area contributed by atoms with E-state index < -0.39 is 16.0 Å². The van der Waals surface area contributed by atoms with E-state index >= 15 is 0 Å². The lowest BCUT2D eigenvalue weighted by atomic mass is 10.3. The normalized spacial score (nSPS) is 18.3. The monoisotopic (exact) mass is 332 g/mol. The Bertz CT molecular complexity index is 629. The molecule has 0 spiro atoms. The first kappa shape index (κ1) is 16.4. The molecule has 1 N–H and O–H groups in total. The van der Waals surface area contributed by atoms with Crippen LogP contribution in [0.2, 0.25) is 0 Å². The molecule has 0 atom stereocenters. The minimum Gasteiger partial charge on any atom is -0.477 e. The van der Waals surface area contributed by atoms with Crippen LogP contribution in [0.3, 0.4) is 0 Å². The predicted molar refractivity (Wildman–Crippen MR) is 81.5 cm³/mol. The number of carboxylic acids is 1. The van der Waals surface area contributed by atoms with Crippen molar-refractivity contribution in [2.45, 2.75) is 31.7 Å². The van der Waals surface area contributed by atoms with Crippen molar-refractivity contribution in [1.29, 1.82) is 0 Å². The number of aromatic carboxylic acids is 1. The van der Waals surface area contributed by atoms with Crippen LogP contribution in [-0.4, -0.2) is 60.9 Å². The maximum Gasteiger partial charge on any atom is 0.345 e. The van der Waals surface area contributed by atoms with Gasteiger partial charge in [-0.3, -0.25) is 4.90 Å². The maximum atomic E-state index is 12.6. The summed E-state index contributed by atoms with van der Waals surface area (Å²) in [5.74, 6) is -1.09. The molecule has 2 rings (SSSR count). The first-order valence-electron chi connectivity index (χ1n) is 6.81. The summed E-state index contributed by atoms with van der Waals surface area (Å²) >= 11 is 1.00. The highest BCUT2D eigenvalue weighted by molar-refractivity contribution is 7.89. The fraction of sp³-hybridized carbons (Fsp3) is 0.615. The van der Waals surface area contributed by atoms with Crippen molar-refractivity contribution in [2.75, 3.05) is 26.2 Å². The molecule has 21 heavy (non-hydrogen) atoms. The van der Waals surface area contributed by atoms with Crippen molar-refractivity contribution in [1.82, 2.24) is 9.21 Å². The number of aryl methyl sites for hydroxylation is 1. The summed E-state index contributed by atoms with van der Waals surface area (Å²) in [4.78, 5) is 13.9. The summed E-state index contributed by atoms with van der Waals surface area (Å²) in [5.41, 5.74) is 0. The molecule has 6 nitrogen and oxygen atoms in total. The largest absolute Gasteiger partial charge is 0.477 e. The number of carboxylic acid groups (broad SMARTS) is 1. The quantitative estimate of drug-likeness (QED) is 0.903. The lowest BCUT2D eigenvalue weighted by molar-refractivity contribution is 0.0702. The standard InChI is InChI=1S/C13H20N2O4S2/c1-9(2)14-4-6-15(7-5-14)21(18,19)12-8-11(13(16)17)20-10(12)3/h8-9H,4-7H2,1-3H3,(H,16,17). The number of rotatable bonds is 4. The third-order valence-electron chi connectivity index (χ3n) is 3.70. The Labute approximate surface area is 129 Å². The average Bonchev–Trinajstić information content (AvgIpc) is 2.82. The Morgan fingerprint density at radius 2 is 1.86 bits per heavy atom. The minimum absolute atomic E-state index is 0.0619. The van der Waals surface area contributed by atoms with Crippen LogP contribution in [0, 0.1) is 6.92 Å². The van der Waals surface area contributed by atoms with E-state index in [2.05, 4.69) is 18.7 Å². The highest BCUT2D eigenvalue weighted by atomic mass is 32.2. The number of nitrogens with zero attached hydrogens (tertiary/aromatic N) is 2. The Hall–Kier alpha value is -0.960. The zero-order valence-corrected chi connectivity index (χ0v) is 14.0. The number of sulfonamides is 1. The molecule has 118 valence electrons. The van der Waals surface area contributed by atoms with Crippen LogP contribution in [0.1, 0.15) is 28.4 Å². The zero-order valence-electron chi connectivity index (χ0n) is 12.4. The molecule has 2 heterocycles. The predicted octanol–water partition coefficient (Wildman–Crippen LogP) is 1.47. The molecule has 1 aromatic heterocycles. The number of carbonyl (C=O) groups is 1. The van der Waals surface area contributed by atoms with Crippen molar-refractivity contribution in [2.24, 2.45) is 0 Å². The molecular weight excluding hydrogens is 312 g/mol. The maximum absolute atomic E-state index is 12.6. The van der Waals surface area contributed by atoms with Crippen LogP contribution >= 0.6 is 11.3 Å². The van der Waals surface area contributed by atoms with Crippen molar-refractivity contribution in [3.63, 3.8) is 0 Å². The van der Waals surface area contributed by atoms with Gasteiger partial charge in [0.2, 0.25) is 10.0 Å². The molecule has 0 saturated carbocycles. The van der Waals surface area contributed by atoms with Crippen molar-refractivity contribution < 1.29 is 18.3 Å². The van der Waals surface area contributed by atoms with Gasteiger partial charge in [-0.05, 0) is 26.8 Å². The van der Waals surface area contributed by atoms with Gasteiger partial charge in [0.25, 0.3) is 0 Å². The van der Waals surface area contributed by atoms with E-state index in [9.17, 15) is 13.2 Å². The molecule has 0 unspecified atom stereocenters. The minimum atomic E-state index is -3.60. The van der Waals surface area contributed by atoms with Gasteiger partial charge in [-0.25, -0.2) is 13.2 Å². The van der Waals surface area contributed by atoms with Gasteiger partial charge in [-0.2, -0.15) is 4.31 Å². The van der Waals surface area contributed by atoms with Crippen LogP contribution in [0.5, 0.6) is 0 Å². The molecule has 0 radical (unpaired) electrons. The molecule has 0 amide bonds. The number of hydrogen-bond donors (Lipinski definition) is 1. The molecule has 8 heteroatoms. The Balaban J connectivity index is 2.21. The second kappa shape index (κ2) is 6.04. The Kier molecular flexibility index (Phi) is 4.72. The van der Waals surface area contributed by atoms with Crippen LogP contribution in [-0.2, 0) is 10.0 Å². The second-order valence-electron chi connectivity index (χ2n) is 5.37. The topological polar surface area (TPSA) is 77.9 Å². The van der Waals surface area contributed by atoms with Crippen molar-refractivity contribution in [3.05, 3.63) is 15.8 Å². The van der Waals surface area contributed by atoms with Gasteiger partial charge in [0.15, 0.2) is 0 Å². The van der Waals surface area contributed by atoms with E-state index in [1.807, 2.05) is 0 Å². The Morgan fingerprint density at radius 1 is 1.29 bits per heavy atom. The first-order valence-corrected chi connectivity index (χ1v) is 9.07. The van der Waals surface area contributed by atoms with Gasteiger partial charge in [0, 0.05) is 37.1 Å². The van der Waals surface area contributed by atoms with Gasteiger partial charge in [0.05, 0.1) is 4.90 Å². The fourth-order valence-corrected chi connectivity index (χ4v) is 5.25. The highest BCUT2D eigenvalue weighted by Crippen LogP contribution is 2.28. The van der Waals surface area contributed by atoms with E-state index in [1.165, 1.54) is 10.4 Å². The van der Waals surface area contributed by atoms with Crippen LogP contribution < -0.4 is 0 Å². The van der Waals surface area contributed by atoms with Crippen LogP contribution in [0.25, 0.3) is 0 Å². The lowest BCUT2D eigenvalue weighted by Crippen LogP contribution is -2.50. The summed E-state index contributed by atoms with van der Waals surface area (Å²) in [6.45, 7) is 8.11. The number of hydrogen-bond acceptors (Lipinski definition) is 5. The summed E-state index contributed by atoms with van der Waals surface area (Å²) in [7, 11) is -3.60. The lowest BCUT2D eigenvalue weighted by Gasteiger charge is -2.36. The van der Waals surface area contributed by atoms with Crippen LogP contribution in [0.4, 0.5) is 0 Å². The first-order chi connectivity index (χ1) is 9.73. The zero-order chi connectivity index (χ0) is 15.8. The van der Waals surface area contributed by atoms with Crippen molar-refractivity contribution >= 4 is 27.3 Å². The van der Waals surface area contributed by atoms with Crippen LogP contribution in [0.15, 0.2) is 11.0 Å². The molecule has 0 bridgehead atoms. The van der Waals surface area contributed by atoms with E-state index in [1.54, 1.807) is 6.92 Å². The van der Waals surface area contributed by atoms with Gasteiger partial charge < -0.3 is 5.11 Å². The second-order valence-corrected chi connectivity index (χ2v) is 8.53. The van der Waals surface area contributed by atoms with E-state index in [0.29, 0.717) is 37.1 Å². The summed E-state index contributed by atoms with van der Waals surface area (Å²) in [6.07, 6.45) is 0. The molecule has 1 fully saturated rings. The number of piperazine rings is 1. The van der Waals surface area contributed by atoms with E-state index in [-0.39, 0.29) is 9.77 Å². The molecule has 0 aromatic carbocycles. The third kappa shape index (κ3) is 3.28. The Morgan fingerprint density at radius 3 is 2.29 bits per heavy atom. The summed E-state index contributed by atoms with van der Waals surface area (Å²) in [5, 5.41) is 8.99. The van der Waals surface area contributed by atoms with E-state index in [4.69, 9.17) is 5.11 Å². The highest BCUT2D eigenvalue weighted by Gasteiger charge is 2.31. The van der Waals surface area contributed by atoms with Gasteiger partial charge in [-0.1, -0.05) is 0 Å². The summed E-state index contributed by atoms with van der Waals surface area (Å²) in [6, 6.07) is 1.67. The molecule has 1 aliphatic heterocycles. The van der Waals surface area contributed by atoms with Crippen molar-refractivity contribution in [3.8, 4) is 0 Å². The molecule has 1 aromatic rings. The molecule has 1 aliphatic rings. The van der Waals surface area contributed by atoms with Gasteiger partial charge in [-0.15, -0.1) is 11.3 Å². The number of thiophene rings is 1. The van der Waals surface area contributed by atoms with Gasteiger partial charge >= 0.3 is 5.97 Å². The van der Waals surface area contributed by atoms with E-state index in [0.717, 1.165) is 11.3 Å². The molecular formula is C13H20N2O4S2. The average molecular weight is 332 g/mol. The third-order valence-corrected chi connectivity index (χ3v) is 6.90. The fourth-order valence-electron chi connectivity index (χ4n) is 2.43. The molecule has 0 aliphatic carbocycles.